The van der Waals surface area contributed by atoms with E-state index in [-0.39, 0.29) is 0 Å². The van der Waals surface area contributed by atoms with Crippen molar-refractivity contribution in [2.75, 3.05) is 9.80 Å². The molecule has 4 heterocycles. The molecule has 0 aliphatic carbocycles. The fraction of sp³-hybridized carbons (Fsp3) is 0. The van der Waals surface area contributed by atoms with Crippen molar-refractivity contribution >= 4 is 111 Å². The van der Waals surface area contributed by atoms with Crippen molar-refractivity contribution in [1.29, 1.82) is 0 Å². The molecule has 0 saturated carbocycles. The molecular weight excluding hydrogens is 767 g/mol. The number of furan rings is 3. The van der Waals surface area contributed by atoms with Crippen LogP contribution in [0.1, 0.15) is 0 Å². The molecule has 4 aromatic heterocycles. The predicted octanol–water partition coefficient (Wildman–Crippen LogP) is 16.1. The first-order chi connectivity index (χ1) is 30.7. The van der Waals surface area contributed by atoms with Crippen LogP contribution in [0.3, 0.4) is 0 Å². The highest BCUT2D eigenvalue weighted by molar-refractivity contribution is 6.13. The van der Waals surface area contributed by atoms with E-state index in [9.17, 15) is 0 Å². The molecule has 0 bridgehead atoms. The van der Waals surface area contributed by atoms with Crippen molar-refractivity contribution in [2.45, 2.75) is 0 Å². The molecule has 62 heavy (non-hydrogen) atoms. The SMILES string of the molecule is c1ccc(N(c2cc(N(c3ccccc3)c3ccc4oc5ccccc5c4c3)c3nc(-c4cccc5oc6ccccc6c45)oc3c2)c2ccc3oc4ccccc4c3c2)cc1. The Labute approximate surface area is 353 Å². The summed E-state index contributed by atoms with van der Waals surface area (Å²) in [6, 6.07) is 68.4. The van der Waals surface area contributed by atoms with Gasteiger partial charge in [-0.05, 0) is 97.1 Å². The van der Waals surface area contributed by atoms with E-state index < -0.39 is 0 Å². The van der Waals surface area contributed by atoms with Crippen molar-refractivity contribution in [3.63, 3.8) is 0 Å². The molecular formula is C55H33N3O4. The van der Waals surface area contributed by atoms with Gasteiger partial charge in [-0.1, -0.05) is 97.1 Å². The smallest absolute Gasteiger partial charge is 0.228 e. The number of rotatable bonds is 7. The van der Waals surface area contributed by atoms with Gasteiger partial charge in [-0.25, -0.2) is 4.98 Å². The molecule has 0 fully saturated rings. The number of hydrogen-bond acceptors (Lipinski definition) is 7. The van der Waals surface area contributed by atoms with Gasteiger partial charge in [0.1, 0.15) is 39.0 Å². The van der Waals surface area contributed by atoms with Crippen LogP contribution in [0.15, 0.2) is 218 Å². The summed E-state index contributed by atoms with van der Waals surface area (Å²) in [6.07, 6.45) is 0. The lowest BCUT2D eigenvalue weighted by Crippen LogP contribution is -2.13. The molecule has 13 aromatic rings. The minimum absolute atomic E-state index is 0.498. The molecule has 9 aromatic carbocycles. The Balaban J connectivity index is 1.10. The normalized spacial score (nSPS) is 11.9. The van der Waals surface area contributed by atoms with Gasteiger partial charge in [-0.2, -0.15) is 0 Å². The third-order valence-corrected chi connectivity index (χ3v) is 11.9. The first kappa shape index (κ1) is 34.3. The minimum atomic E-state index is 0.498. The van der Waals surface area contributed by atoms with E-state index in [1.54, 1.807) is 0 Å². The van der Waals surface area contributed by atoms with Crippen LogP contribution in [-0.4, -0.2) is 4.98 Å². The van der Waals surface area contributed by atoms with Crippen molar-refractivity contribution in [3.8, 4) is 11.5 Å². The van der Waals surface area contributed by atoms with Crippen molar-refractivity contribution < 1.29 is 17.7 Å². The molecule has 0 radical (unpaired) electrons. The first-order valence-corrected chi connectivity index (χ1v) is 20.6. The molecule has 13 rings (SSSR count). The van der Waals surface area contributed by atoms with Crippen LogP contribution in [0.25, 0.3) is 88.4 Å². The van der Waals surface area contributed by atoms with Crippen LogP contribution >= 0.6 is 0 Å². The highest BCUT2D eigenvalue weighted by Gasteiger charge is 2.26. The fourth-order valence-corrected chi connectivity index (χ4v) is 9.10. The van der Waals surface area contributed by atoms with Gasteiger partial charge in [0.25, 0.3) is 0 Å². The Kier molecular flexibility index (Phi) is 7.47. The maximum atomic E-state index is 7.00. The quantitative estimate of drug-likeness (QED) is 0.159. The van der Waals surface area contributed by atoms with E-state index >= 15 is 0 Å². The molecule has 7 heteroatoms. The van der Waals surface area contributed by atoms with Crippen LogP contribution in [0.2, 0.25) is 0 Å². The van der Waals surface area contributed by atoms with Crippen molar-refractivity contribution in [2.24, 2.45) is 0 Å². The van der Waals surface area contributed by atoms with Crippen LogP contribution in [0.4, 0.5) is 34.1 Å². The summed E-state index contributed by atoms with van der Waals surface area (Å²) in [5.41, 5.74) is 12.7. The van der Waals surface area contributed by atoms with Gasteiger partial charge in [-0.15, -0.1) is 0 Å². The van der Waals surface area contributed by atoms with E-state index in [4.69, 9.17) is 22.7 Å². The van der Waals surface area contributed by atoms with Gasteiger partial charge in [-0.3, -0.25) is 0 Å². The highest BCUT2D eigenvalue weighted by atomic mass is 16.4. The standard InChI is InChI=1S/C55H33N3O4/c1-3-14-34(15-4-1)57(36-26-28-49-43(30-36)39-18-7-10-22-46(39)59-49)38-32-45(54-52(33-38)62-55(56-54)42-21-13-25-51-53(42)41-20-9-12-24-48(41)61-51)58(35-16-5-2-6-17-35)37-27-29-50-44(31-37)40-19-8-11-23-47(40)60-50/h1-33H. The Hall–Kier alpha value is -8.55. The number of aromatic nitrogens is 1. The van der Waals surface area contributed by atoms with Crippen LogP contribution in [-0.2, 0) is 0 Å². The van der Waals surface area contributed by atoms with Gasteiger partial charge >= 0.3 is 0 Å². The van der Waals surface area contributed by atoms with Gasteiger partial charge < -0.3 is 27.5 Å². The van der Waals surface area contributed by atoms with Crippen LogP contribution in [0, 0.1) is 0 Å². The number of fused-ring (bicyclic) bond motifs is 10. The summed E-state index contributed by atoms with van der Waals surface area (Å²) >= 11 is 0. The number of hydrogen-bond donors (Lipinski definition) is 0. The maximum absolute atomic E-state index is 7.00. The first-order valence-electron chi connectivity index (χ1n) is 20.6. The molecule has 0 spiro atoms. The van der Waals surface area contributed by atoms with E-state index in [1.807, 2.05) is 66.7 Å². The van der Waals surface area contributed by atoms with Crippen molar-refractivity contribution in [1.82, 2.24) is 4.98 Å². The molecule has 0 unspecified atom stereocenters. The number of nitrogens with zero attached hydrogens (tertiary/aromatic N) is 3. The zero-order valence-electron chi connectivity index (χ0n) is 33.0. The number of para-hydroxylation sites is 5. The van der Waals surface area contributed by atoms with Crippen LogP contribution < -0.4 is 9.80 Å². The van der Waals surface area contributed by atoms with Crippen molar-refractivity contribution in [3.05, 3.63) is 200 Å². The third-order valence-electron chi connectivity index (χ3n) is 11.9. The lowest BCUT2D eigenvalue weighted by Gasteiger charge is -2.29. The lowest BCUT2D eigenvalue weighted by molar-refractivity contribution is 0.620. The number of benzene rings is 9. The Morgan fingerprint density at radius 2 is 0.806 bits per heavy atom. The zero-order valence-corrected chi connectivity index (χ0v) is 33.0. The summed E-state index contributed by atoms with van der Waals surface area (Å²) in [4.78, 5) is 9.95. The predicted molar refractivity (Wildman–Crippen MR) is 251 cm³/mol. The summed E-state index contributed by atoms with van der Waals surface area (Å²) < 4.78 is 25.9. The second-order valence-corrected chi connectivity index (χ2v) is 15.5. The summed E-state index contributed by atoms with van der Waals surface area (Å²) in [6.45, 7) is 0. The van der Waals surface area contributed by atoms with Gasteiger partial charge in [0, 0.05) is 66.7 Å². The molecule has 7 nitrogen and oxygen atoms in total. The molecule has 292 valence electrons. The van der Waals surface area contributed by atoms with Gasteiger partial charge in [0.15, 0.2) is 5.58 Å². The lowest BCUT2D eigenvalue weighted by atomic mass is 10.1. The molecule has 0 amide bonds. The molecule has 0 saturated heterocycles. The summed E-state index contributed by atoms with van der Waals surface area (Å²) in [7, 11) is 0. The monoisotopic (exact) mass is 799 g/mol. The summed E-state index contributed by atoms with van der Waals surface area (Å²) in [5.74, 6) is 0.498. The van der Waals surface area contributed by atoms with Crippen LogP contribution in [0.5, 0.6) is 0 Å². The molecule has 0 atom stereocenters. The Morgan fingerprint density at radius 1 is 0.306 bits per heavy atom. The van der Waals surface area contributed by atoms with E-state index in [0.29, 0.717) is 17.0 Å². The molecule has 0 aliphatic rings. The maximum Gasteiger partial charge on any atom is 0.228 e. The topological polar surface area (TPSA) is 71.9 Å². The largest absolute Gasteiger partial charge is 0.456 e. The van der Waals surface area contributed by atoms with Gasteiger partial charge in [0.05, 0.1) is 11.4 Å². The second-order valence-electron chi connectivity index (χ2n) is 15.5. The zero-order chi connectivity index (χ0) is 40.7. The number of oxazole rings is 1. The molecule has 0 N–H and O–H groups in total. The number of anilines is 6. The average molecular weight is 800 g/mol. The van der Waals surface area contributed by atoms with E-state index in [0.717, 1.165) is 106 Å². The third kappa shape index (κ3) is 5.35. The Morgan fingerprint density at radius 3 is 1.45 bits per heavy atom. The van der Waals surface area contributed by atoms with E-state index in [2.05, 4.69) is 143 Å². The Bertz CT molecular complexity index is 3840. The minimum Gasteiger partial charge on any atom is -0.456 e. The molecule has 0 aliphatic heterocycles. The average Bonchev–Trinajstić information content (AvgIpc) is 4.11. The second kappa shape index (κ2) is 13.5. The fourth-order valence-electron chi connectivity index (χ4n) is 9.10. The summed E-state index contributed by atoms with van der Waals surface area (Å²) in [5, 5.41) is 6.14. The highest BCUT2D eigenvalue weighted by Crippen LogP contribution is 2.48. The van der Waals surface area contributed by atoms with E-state index in [1.165, 1.54) is 0 Å². The van der Waals surface area contributed by atoms with Gasteiger partial charge in [0.2, 0.25) is 5.89 Å².